The Morgan fingerprint density at radius 3 is 2.81 bits per heavy atom. The molecule has 0 bridgehead atoms. The van der Waals surface area contributed by atoms with Gasteiger partial charge in [-0.3, -0.25) is 4.79 Å². The molecule has 0 radical (unpaired) electrons. The monoisotopic (exact) mass is 360 g/mol. The molecule has 2 aromatic carbocycles. The molecule has 1 aromatic heterocycles. The van der Waals surface area contributed by atoms with Crippen molar-refractivity contribution in [1.29, 1.82) is 0 Å². The van der Waals surface area contributed by atoms with Crippen LogP contribution < -0.4 is 4.80 Å². The van der Waals surface area contributed by atoms with Crippen LogP contribution in [0.5, 0.6) is 0 Å². The van der Waals surface area contributed by atoms with Gasteiger partial charge < -0.3 is 4.57 Å². The van der Waals surface area contributed by atoms with Gasteiger partial charge >= 0.3 is 0 Å². The van der Waals surface area contributed by atoms with Crippen molar-refractivity contribution in [1.82, 2.24) is 4.57 Å². The van der Waals surface area contributed by atoms with Crippen molar-refractivity contribution < 1.29 is 4.79 Å². The number of carbonyl (C=O) groups is 1. The highest BCUT2D eigenvalue weighted by Gasteiger charge is 2.07. The van der Waals surface area contributed by atoms with Crippen molar-refractivity contribution >= 4 is 43.4 Å². The molecule has 0 unspecified atom stereocenters. The van der Waals surface area contributed by atoms with Crippen LogP contribution in [-0.4, -0.2) is 10.5 Å². The lowest BCUT2D eigenvalue weighted by atomic mass is 10.1. The Bertz CT molecular complexity index is 908. The molecule has 21 heavy (non-hydrogen) atoms. The number of nitrogens with zero attached hydrogens (tertiary/aromatic N) is 2. The maximum atomic E-state index is 12.3. The topological polar surface area (TPSA) is 34.4 Å². The number of carbonyl (C=O) groups excluding carboxylic acids is 1. The van der Waals surface area contributed by atoms with Crippen LogP contribution in [-0.2, 0) is 7.05 Å². The lowest BCUT2D eigenvalue weighted by Gasteiger charge is -1.97. The second kappa shape index (κ2) is 5.58. The highest BCUT2D eigenvalue weighted by molar-refractivity contribution is 9.10. The highest BCUT2D eigenvalue weighted by Crippen LogP contribution is 2.21. The van der Waals surface area contributed by atoms with Crippen LogP contribution in [0.2, 0.25) is 0 Å². The number of aromatic nitrogens is 1. The van der Waals surface area contributed by atoms with Gasteiger partial charge in [-0.1, -0.05) is 45.0 Å². The van der Waals surface area contributed by atoms with Gasteiger partial charge in [-0.2, -0.15) is 4.99 Å². The number of benzene rings is 2. The Labute approximate surface area is 134 Å². The fourth-order valence-electron chi connectivity index (χ4n) is 2.14. The summed E-state index contributed by atoms with van der Waals surface area (Å²) in [6, 6.07) is 13.5. The van der Waals surface area contributed by atoms with E-state index in [2.05, 4.69) is 20.9 Å². The lowest BCUT2D eigenvalue weighted by Crippen LogP contribution is -2.13. The normalized spacial score (nSPS) is 12.0. The van der Waals surface area contributed by atoms with Crippen LogP contribution in [0.1, 0.15) is 15.9 Å². The van der Waals surface area contributed by atoms with E-state index in [1.807, 2.05) is 54.9 Å². The molecule has 1 heterocycles. The molecule has 3 nitrogen and oxygen atoms in total. The SMILES string of the molecule is Cc1cccc(C(=O)N=c2sc3cc(Br)ccc3n2C)c1. The molecule has 0 aliphatic heterocycles. The second-order valence-electron chi connectivity index (χ2n) is 4.84. The minimum absolute atomic E-state index is 0.208. The summed E-state index contributed by atoms with van der Waals surface area (Å²) in [6.07, 6.45) is 0. The predicted molar refractivity (Wildman–Crippen MR) is 89.6 cm³/mol. The number of hydrogen-bond donors (Lipinski definition) is 0. The fraction of sp³-hybridized carbons (Fsp3) is 0.125. The van der Waals surface area contributed by atoms with Crippen LogP contribution in [0.15, 0.2) is 51.9 Å². The van der Waals surface area contributed by atoms with Gasteiger partial charge in [0.2, 0.25) is 0 Å². The summed E-state index contributed by atoms with van der Waals surface area (Å²) in [5, 5.41) is 0. The molecule has 0 spiro atoms. The first-order valence-electron chi connectivity index (χ1n) is 6.45. The molecule has 5 heteroatoms. The van der Waals surface area contributed by atoms with Crippen LogP contribution in [0.3, 0.4) is 0 Å². The number of thiazole rings is 1. The summed E-state index contributed by atoms with van der Waals surface area (Å²) in [6.45, 7) is 1.97. The van der Waals surface area contributed by atoms with E-state index in [-0.39, 0.29) is 5.91 Å². The van der Waals surface area contributed by atoms with Crippen molar-refractivity contribution in [2.75, 3.05) is 0 Å². The minimum Gasteiger partial charge on any atom is -0.319 e. The molecule has 1 amide bonds. The Balaban J connectivity index is 2.11. The van der Waals surface area contributed by atoms with E-state index in [1.165, 1.54) is 11.3 Å². The summed E-state index contributed by atoms with van der Waals surface area (Å²) in [5.74, 6) is -0.208. The lowest BCUT2D eigenvalue weighted by molar-refractivity contribution is 0.0998. The van der Waals surface area contributed by atoms with Gasteiger partial charge in [0, 0.05) is 17.1 Å². The molecule has 3 aromatic rings. The van der Waals surface area contributed by atoms with Crippen LogP contribution in [0, 0.1) is 6.92 Å². The maximum absolute atomic E-state index is 12.3. The van der Waals surface area contributed by atoms with Crippen LogP contribution in [0.25, 0.3) is 10.2 Å². The van der Waals surface area contributed by atoms with Gasteiger partial charge in [0.25, 0.3) is 5.91 Å². The van der Waals surface area contributed by atoms with E-state index in [0.717, 1.165) is 20.3 Å². The zero-order valence-corrected chi connectivity index (χ0v) is 14.0. The molecule has 0 fully saturated rings. The van der Waals surface area contributed by atoms with E-state index in [0.29, 0.717) is 10.4 Å². The number of fused-ring (bicyclic) bond motifs is 1. The first-order valence-corrected chi connectivity index (χ1v) is 8.06. The standard InChI is InChI=1S/C16H13BrN2OS/c1-10-4-3-5-11(8-10)15(20)18-16-19(2)13-7-6-12(17)9-14(13)21-16/h3-9H,1-2H3. The van der Waals surface area contributed by atoms with Crippen LogP contribution in [0.4, 0.5) is 0 Å². The summed E-state index contributed by atoms with van der Waals surface area (Å²) in [4.78, 5) is 17.2. The van der Waals surface area contributed by atoms with Crippen LogP contribution >= 0.6 is 27.3 Å². The molecule has 0 saturated heterocycles. The van der Waals surface area contributed by atoms with E-state index in [4.69, 9.17) is 0 Å². The largest absolute Gasteiger partial charge is 0.319 e. The number of aryl methyl sites for hydroxylation is 2. The van der Waals surface area contributed by atoms with E-state index >= 15 is 0 Å². The summed E-state index contributed by atoms with van der Waals surface area (Å²) < 4.78 is 4.07. The molecule has 0 atom stereocenters. The third-order valence-corrected chi connectivity index (χ3v) is 4.82. The molecular weight excluding hydrogens is 348 g/mol. The Kier molecular flexibility index (Phi) is 3.78. The Morgan fingerprint density at radius 1 is 1.24 bits per heavy atom. The predicted octanol–water partition coefficient (Wildman–Crippen LogP) is 4.05. The third-order valence-electron chi connectivity index (χ3n) is 3.23. The van der Waals surface area contributed by atoms with Crippen molar-refractivity contribution in [2.24, 2.45) is 12.0 Å². The quantitative estimate of drug-likeness (QED) is 0.644. The third kappa shape index (κ3) is 2.84. The first kappa shape index (κ1) is 14.2. The van der Waals surface area contributed by atoms with Crippen molar-refractivity contribution in [2.45, 2.75) is 6.92 Å². The molecule has 0 saturated carbocycles. The number of halogens is 1. The van der Waals surface area contributed by atoms with E-state index < -0.39 is 0 Å². The molecule has 0 aliphatic rings. The Morgan fingerprint density at radius 2 is 2.05 bits per heavy atom. The number of hydrogen-bond acceptors (Lipinski definition) is 2. The smallest absolute Gasteiger partial charge is 0.279 e. The van der Waals surface area contributed by atoms with Crippen molar-refractivity contribution in [3.05, 3.63) is 62.9 Å². The zero-order chi connectivity index (χ0) is 15.0. The first-order chi connectivity index (χ1) is 10.0. The van der Waals surface area contributed by atoms with Gasteiger partial charge in [-0.05, 0) is 37.3 Å². The summed E-state index contributed by atoms with van der Waals surface area (Å²) in [5.41, 5.74) is 2.74. The van der Waals surface area contributed by atoms with Gasteiger partial charge in [-0.25, -0.2) is 0 Å². The van der Waals surface area contributed by atoms with Crippen molar-refractivity contribution in [3.8, 4) is 0 Å². The second-order valence-corrected chi connectivity index (χ2v) is 6.77. The Hall–Kier alpha value is -1.72. The summed E-state index contributed by atoms with van der Waals surface area (Å²) >= 11 is 4.97. The van der Waals surface area contributed by atoms with E-state index in [1.54, 1.807) is 6.07 Å². The average molecular weight is 361 g/mol. The zero-order valence-electron chi connectivity index (χ0n) is 11.6. The summed E-state index contributed by atoms with van der Waals surface area (Å²) in [7, 11) is 1.93. The van der Waals surface area contributed by atoms with Gasteiger partial charge in [0.15, 0.2) is 4.80 Å². The van der Waals surface area contributed by atoms with E-state index in [9.17, 15) is 4.79 Å². The van der Waals surface area contributed by atoms with Gasteiger partial charge in [0.1, 0.15) is 0 Å². The fourth-order valence-corrected chi connectivity index (χ4v) is 3.71. The minimum atomic E-state index is -0.208. The van der Waals surface area contributed by atoms with Gasteiger partial charge in [-0.15, -0.1) is 0 Å². The highest BCUT2D eigenvalue weighted by atomic mass is 79.9. The molecule has 0 aliphatic carbocycles. The van der Waals surface area contributed by atoms with Gasteiger partial charge in [0.05, 0.1) is 10.2 Å². The number of amides is 1. The molecule has 106 valence electrons. The molecule has 3 rings (SSSR count). The maximum Gasteiger partial charge on any atom is 0.279 e. The number of rotatable bonds is 1. The average Bonchev–Trinajstić information content (AvgIpc) is 2.74. The molecule has 0 N–H and O–H groups in total. The molecular formula is C16H13BrN2OS. The van der Waals surface area contributed by atoms with Crippen molar-refractivity contribution in [3.63, 3.8) is 0 Å².